The molecule has 0 aromatic carbocycles. The highest BCUT2D eigenvalue weighted by atomic mass is 16.7. The van der Waals surface area contributed by atoms with Crippen LogP contribution >= 0.6 is 0 Å². The third-order valence-electron chi connectivity index (χ3n) is 2.78. The van der Waals surface area contributed by atoms with Crippen LogP contribution in [0.15, 0.2) is 0 Å². The molecule has 3 heteroatoms. The normalized spacial score (nSPS) is 28.4. The van der Waals surface area contributed by atoms with Gasteiger partial charge < -0.3 is 14.2 Å². The third kappa shape index (κ3) is 2.42. The van der Waals surface area contributed by atoms with Crippen LogP contribution in [0.4, 0.5) is 0 Å². The summed E-state index contributed by atoms with van der Waals surface area (Å²) < 4.78 is 16.6. The van der Waals surface area contributed by atoms with Crippen LogP contribution in [0, 0.1) is 0 Å². The van der Waals surface area contributed by atoms with Crippen LogP contribution in [0.25, 0.3) is 0 Å². The second-order valence-corrected chi connectivity index (χ2v) is 4.05. The van der Waals surface area contributed by atoms with E-state index in [-0.39, 0.29) is 0 Å². The summed E-state index contributed by atoms with van der Waals surface area (Å²) in [5.74, 6) is -0.470. The molecule has 0 radical (unpaired) electrons. The standard InChI is InChI=1S/C10H18O3/c1-10(12-6-7-13-10)8-11-9-4-2-3-5-9/h9H,2-8H2,1H3. The van der Waals surface area contributed by atoms with Crippen molar-refractivity contribution in [2.75, 3.05) is 19.8 Å². The van der Waals surface area contributed by atoms with Crippen molar-refractivity contribution in [1.82, 2.24) is 0 Å². The molecule has 13 heavy (non-hydrogen) atoms. The maximum Gasteiger partial charge on any atom is 0.189 e. The van der Waals surface area contributed by atoms with Crippen molar-refractivity contribution >= 4 is 0 Å². The summed E-state index contributed by atoms with van der Waals surface area (Å²) in [6.07, 6.45) is 5.47. The first-order valence-corrected chi connectivity index (χ1v) is 5.18. The Balaban J connectivity index is 1.71. The quantitative estimate of drug-likeness (QED) is 0.671. The predicted octanol–water partition coefficient (Wildman–Crippen LogP) is 1.71. The second kappa shape index (κ2) is 3.95. The van der Waals surface area contributed by atoms with Gasteiger partial charge in [-0.15, -0.1) is 0 Å². The molecular weight excluding hydrogens is 168 g/mol. The number of hydrogen-bond acceptors (Lipinski definition) is 3. The first-order chi connectivity index (χ1) is 6.29. The lowest BCUT2D eigenvalue weighted by atomic mass is 10.3. The molecule has 0 unspecified atom stereocenters. The molecule has 76 valence electrons. The molecule has 1 saturated carbocycles. The Hall–Kier alpha value is -0.120. The van der Waals surface area contributed by atoms with E-state index >= 15 is 0 Å². The van der Waals surface area contributed by atoms with Gasteiger partial charge in [0.2, 0.25) is 0 Å². The highest BCUT2D eigenvalue weighted by Gasteiger charge is 2.32. The van der Waals surface area contributed by atoms with Crippen molar-refractivity contribution < 1.29 is 14.2 Å². The van der Waals surface area contributed by atoms with E-state index in [4.69, 9.17) is 14.2 Å². The minimum Gasteiger partial charge on any atom is -0.373 e. The van der Waals surface area contributed by atoms with Crippen LogP contribution in [0.2, 0.25) is 0 Å². The summed E-state index contributed by atoms with van der Waals surface area (Å²) in [5.41, 5.74) is 0. The Morgan fingerprint density at radius 1 is 1.23 bits per heavy atom. The van der Waals surface area contributed by atoms with E-state index in [9.17, 15) is 0 Å². The first-order valence-electron chi connectivity index (χ1n) is 5.18. The molecule has 0 N–H and O–H groups in total. The highest BCUT2D eigenvalue weighted by Crippen LogP contribution is 2.24. The first kappa shape index (κ1) is 9.44. The van der Waals surface area contributed by atoms with Gasteiger partial charge in [0.15, 0.2) is 5.79 Å². The second-order valence-electron chi connectivity index (χ2n) is 4.05. The van der Waals surface area contributed by atoms with Gasteiger partial charge in [-0.1, -0.05) is 12.8 Å². The van der Waals surface area contributed by atoms with Gasteiger partial charge in [-0.2, -0.15) is 0 Å². The minimum absolute atomic E-state index is 0.449. The molecule has 0 aromatic heterocycles. The molecule has 0 aromatic rings. The lowest BCUT2D eigenvalue weighted by Gasteiger charge is -2.24. The maximum absolute atomic E-state index is 5.74. The molecule has 1 aliphatic heterocycles. The number of ether oxygens (including phenoxy) is 3. The van der Waals surface area contributed by atoms with E-state index in [1.54, 1.807) is 0 Å². The Kier molecular flexibility index (Phi) is 2.86. The number of hydrogen-bond donors (Lipinski definition) is 0. The zero-order valence-electron chi connectivity index (χ0n) is 8.25. The van der Waals surface area contributed by atoms with E-state index in [0.717, 1.165) is 0 Å². The summed E-state index contributed by atoms with van der Waals surface area (Å²) in [5, 5.41) is 0. The fraction of sp³-hybridized carbons (Fsp3) is 1.00. The van der Waals surface area contributed by atoms with Gasteiger partial charge >= 0.3 is 0 Å². The van der Waals surface area contributed by atoms with Crippen LogP contribution in [0.5, 0.6) is 0 Å². The van der Waals surface area contributed by atoms with Crippen molar-refractivity contribution in [3.05, 3.63) is 0 Å². The Bertz CT molecular complexity index is 158. The van der Waals surface area contributed by atoms with Gasteiger partial charge in [0.05, 0.1) is 19.3 Å². The van der Waals surface area contributed by atoms with Crippen LogP contribution in [-0.4, -0.2) is 31.7 Å². The SMILES string of the molecule is CC1(COC2CCCC2)OCCO1. The predicted molar refractivity (Wildman–Crippen MR) is 48.5 cm³/mol. The molecule has 0 spiro atoms. The summed E-state index contributed by atoms with van der Waals surface area (Å²) in [7, 11) is 0. The molecule has 1 saturated heterocycles. The molecule has 0 atom stereocenters. The van der Waals surface area contributed by atoms with Gasteiger partial charge in [-0.25, -0.2) is 0 Å². The Morgan fingerprint density at radius 2 is 1.85 bits per heavy atom. The van der Waals surface area contributed by atoms with Crippen molar-refractivity contribution in [1.29, 1.82) is 0 Å². The minimum atomic E-state index is -0.470. The van der Waals surface area contributed by atoms with Crippen LogP contribution < -0.4 is 0 Å². The summed E-state index contributed by atoms with van der Waals surface area (Å²) in [6.45, 7) is 3.93. The zero-order chi connectivity index (χ0) is 9.15. The van der Waals surface area contributed by atoms with E-state index < -0.39 is 5.79 Å². The van der Waals surface area contributed by atoms with Gasteiger partial charge in [0, 0.05) is 0 Å². The van der Waals surface area contributed by atoms with Gasteiger partial charge in [0.25, 0.3) is 0 Å². The van der Waals surface area contributed by atoms with Gasteiger partial charge in [0.1, 0.15) is 6.61 Å². The summed E-state index contributed by atoms with van der Waals surface area (Å²) in [4.78, 5) is 0. The fourth-order valence-electron chi connectivity index (χ4n) is 1.96. The van der Waals surface area contributed by atoms with Crippen LogP contribution in [0.3, 0.4) is 0 Å². The van der Waals surface area contributed by atoms with Crippen molar-refractivity contribution in [2.24, 2.45) is 0 Å². The van der Waals surface area contributed by atoms with Crippen LogP contribution in [-0.2, 0) is 14.2 Å². The number of rotatable bonds is 3. The largest absolute Gasteiger partial charge is 0.373 e. The molecule has 2 fully saturated rings. The molecule has 2 rings (SSSR count). The van der Waals surface area contributed by atoms with E-state index in [0.29, 0.717) is 25.9 Å². The van der Waals surface area contributed by atoms with Gasteiger partial charge in [-0.05, 0) is 19.8 Å². The Morgan fingerprint density at radius 3 is 2.46 bits per heavy atom. The zero-order valence-corrected chi connectivity index (χ0v) is 8.25. The lowest BCUT2D eigenvalue weighted by Crippen LogP contribution is -2.33. The smallest absolute Gasteiger partial charge is 0.189 e. The van der Waals surface area contributed by atoms with Gasteiger partial charge in [-0.3, -0.25) is 0 Å². The molecule has 1 heterocycles. The highest BCUT2D eigenvalue weighted by molar-refractivity contribution is 4.71. The molecule has 0 bridgehead atoms. The maximum atomic E-state index is 5.74. The van der Waals surface area contributed by atoms with E-state index in [1.807, 2.05) is 6.92 Å². The third-order valence-corrected chi connectivity index (χ3v) is 2.78. The molecule has 0 amide bonds. The lowest BCUT2D eigenvalue weighted by molar-refractivity contribution is -0.189. The van der Waals surface area contributed by atoms with E-state index in [1.165, 1.54) is 25.7 Å². The van der Waals surface area contributed by atoms with Crippen LogP contribution in [0.1, 0.15) is 32.6 Å². The average molecular weight is 186 g/mol. The molecule has 1 aliphatic carbocycles. The fourth-order valence-corrected chi connectivity index (χ4v) is 1.96. The summed E-state index contributed by atoms with van der Waals surface area (Å²) >= 11 is 0. The van der Waals surface area contributed by atoms with E-state index in [2.05, 4.69) is 0 Å². The average Bonchev–Trinajstić information content (AvgIpc) is 2.72. The van der Waals surface area contributed by atoms with Crippen molar-refractivity contribution in [2.45, 2.75) is 44.5 Å². The van der Waals surface area contributed by atoms with Crippen molar-refractivity contribution in [3.63, 3.8) is 0 Å². The Labute approximate surface area is 79.4 Å². The molecular formula is C10H18O3. The topological polar surface area (TPSA) is 27.7 Å². The monoisotopic (exact) mass is 186 g/mol. The summed E-state index contributed by atoms with van der Waals surface area (Å²) in [6, 6.07) is 0. The van der Waals surface area contributed by atoms with Crippen molar-refractivity contribution in [3.8, 4) is 0 Å². The molecule has 3 nitrogen and oxygen atoms in total. The molecule has 2 aliphatic rings.